The summed E-state index contributed by atoms with van der Waals surface area (Å²) in [7, 11) is -2.26. The van der Waals surface area contributed by atoms with Crippen molar-refractivity contribution < 1.29 is 27.2 Å². The molecule has 0 fully saturated rings. The molecule has 0 aromatic heterocycles. The topological polar surface area (TPSA) is 52.6 Å². The van der Waals surface area contributed by atoms with Crippen LogP contribution in [0.15, 0.2) is 0 Å². The van der Waals surface area contributed by atoms with Gasteiger partial charge in [0.1, 0.15) is 6.61 Å². The molecule has 1 unspecified atom stereocenters. The highest BCUT2D eigenvalue weighted by atomic mass is 31.2. The van der Waals surface area contributed by atoms with Crippen molar-refractivity contribution in [2.75, 3.05) is 20.4 Å². The van der Waals surface area contributed by atoms with E-state index in [0.29, 0.717) is 0 Å². The second-order valence-corrected chi connectivity index (χ2v) is 6.45. The van der Waals surface area contributed by atoms with E-state index in [2.05, 4.69) is 9.05 Å². The van der Waals surface area contributed by atoms with Crippen LogP contribution in [-0.2, 0) is 18.4 Å². The number of alkyl halides is 2. The normalized spacial score (nSPS) is 15.9. The van der Waals surface area contributed by atoms with Gasteiger partial charge in [-0.15, -0.1) is 0 Å². The highest BCUT2D eigenvalue weighted by Gasteiger charge is 2.38. The predicted molar refractivity (Wildman–Crippen MR) is 60.5 cm³/mol. The Morgan fingerprint density at radius 1 is 1.41 bits per heavy atom. The van der Waals surface area contributed by atoms with E-state index >= 15 is 0 Å². The number of halogens is 2. The fourth-order valence-electron chi connectivity index (χ4n) is 0.944. The zero-order valence-electron chi connectivity index (χ0n) is 10.5. The van der Waals surface area contributed by atoms with Crippen molar-refractivity contribution in [1.82, 2.24) is 0 Å². The summed E-state index contributed by atoms with van der Waals surface area (Å²) in [4.78, 5) is 11.2. The number of ketones is 1. The molecule has 4 nitrogen and oxygen atoms in total. The van der Waals surface area contributed by atoms with Crippen LogP contribution >= 0.6 is 7.60 Å². The van der Waals surface area contributed by atoms with Crippen molar-refractivity contribution in [1.29, 1.82) is 0 Å². The Kier molecular flexibility index (Phi) is 6.45. The Labute approximate surface area is 100 Å². The summed E-state index contributed by atoms with van der Waals surface area (Å²) in [5, 5.41) is 0. The highest BCUT2D eigenvalue weighted by molar-refractivity contribution is 7.52. The van der Waals surface area contributed by atoms with E-state index in [-0.39, 0.29) is 12.3 Å². The largest absolute Gasteiger partial charge is 0.327 e. The van der Waals surface area contributed by atoms with Crippen LogP contribution in [-0.4, -0.2) is 32.1 Å². The maximum atomic E-state index is 13.3. The zero-order valence-corrected chi connectivity index (χ0v) is 11.4. The standard InChI is InChI=1S/C10H19F2O4P/c1-8(2)5-6-10(11,12)9(13)7-16-17(4,14)15-3/h8H,5-7H2,1-4H3. The number of Topliss-reactive ketones (excluding diaryl/α,β-unsaturated/α-hetero) is 1. The molecule has 0 bridgehead atoms. The smallest absolute Gasteiger partial charge is 0.312 e. The first-order valence-electron chi connectivity index (χ1n) is 5.29. The fraction of sp³-hybridized carbons (Fsp3) is 0.900. The maximum absolute atomic E-state index is 13.3. The van der Waals surface area contributed by atoms with Crippen molar-refractivity contribution in [3.63, 3.8) is 0 Å². The lowest BCUT2D eigenvalue weighted by Crippen LogP contribution is -2.32. The molecule has 0 heterocycles. The SMILES string of the molecule is COP(C)(=O)OCC(=O)C(F)(F)CCC(C)C. The third-order valence-electron chi connectivity index (χ3n) is 2.21. The monoisotopic (exact) mass is 272 g/mol. The molecule has 0 radical (unpaired) electrons. The average molecular weight is 272 g/mol. The van der Waals surface area contributed by atoms with Gasteiger partial charge in [-0.25, -0.2) is 0 Å². The van der Waals surface area contributed by atoms with Crippen LogP contribution in [0, 0.1) is 5.92 Å². The molecule has 0 aromatic carbocycles. The van der Waals surface area contributed by atoms with Gasteiger partial charge in [0.25, 0.3) is 0 Å². The van der Waals surface area contributed by atoms with Gasteiger partial charge in [-0.3, -0.25) is 9.36 Å². The third-order valence-corrected chi connectivity index (χ3v) is 3.47. The van der Waals surface area contributed by atoms with E-state index in [4.69, 9.17) is 0 Å². The molecule has 0 rings (SSSR count). The molecule has 0 spiro atoms. The molecule has 17 heavy (non-hydrogen) atoms. The van der Waals surface area contributed by atoms with Crippen molar-refractivity contribution in [2.45, 2.75) is 32.6 Å². The van der Waals surface area contributed by atoms with E-state index in [9.17, 15) is 18.1 Å². The van der Waals surface area contributed by atoms with Gasteiger partial charge >= 0.3 is 13.5 Å². The number of carbonyl (C=O) groups excluding carboxylic acids is 1. The third kappa shape index (κ3) is 6.86. The Morgan fingerprint density at radius 2 is 1.94 bits per heavy atom. The first kappa shape index (κ1) is 16.7. The van der Waals surface area contributed by atoms with Gasteiger partial charge in [0.15, 0.2) is 0 Å². The molecule has 0 amide bonds. The van der Waals surface area contributed by atoms with Crippen molar-refractivity contribution in [3.05, 3.63) is 0 Å². The Balaban J connectivity index is 4.25. The minimum absolute atomic E-state index is 0.0887. The lowest BCUT2D eigenvalue weighted by atomic mass is 10.0. The molecule has 0 aliphatic carbocycles. The first-order chi connectivity index (χ1) is 7.60. The molecular weight excluding hydrogens is 253 g/mol. The van der Waals surface area contributed by atoms with Gasteiger partial charge < -0.3 is 9.05 Å². The minimum atomic E-state index is -3.43. The summed E-state index contributed by atoms with van der Waals surface area (Å²) >= 11 is 0. The van der Waals surface area contributed by atoms with Crippen LogP contribution < -0.4 is 0 Å². The molecular formula is C10H19F2O4P. The van der Waals surface area contributed by atoms with Crippen LogP contribution in [0.4, 0.5) is 8.78 Å². The Hall–Kier alpha value is -0.320. The van der Waals surface area contributed by atoms with Crippen LogP contribution in [0.25, 0.3) is 0 Å². The van der Waals surface area contributed by atoms with Gasteiger partial charge in [0, 0.05) is 20.2 Å². The van der Waals surface area contributed by atoms with Gasteiger partial charge in [-0.1, -0.05) is 13.8 Å². The van der Waals surface area contributed by atoms with Gasteiger partial charge in [-0.05, 0) is 12.3 Å². The van der Waals surface area contributed by atoms with Crippen LogP contribution in [0.3, 0.4) is 0 Å². The molecule has 0 aromatic rings. The van der Waals surface area contributed by atoms with Gasteiger partial charge in [-0.2, -0.15) is 8.78 Å². The molecule has 102 valence electrons. The average Bonchev–Trinajstić information content (AvgIpc) is 2.23. The Bertz CT molecular complexity index is 305. The molecule has 0 aliphatic rings. The van der Waals surface area contributed by atoms with Crippen LogP contribution in [0.1, 0.15) is 26.7 Å². The second-order valence-electron chi connectivity index (χ2n) is 4.29. The number of carbonyl (C=O) groups is 1. The van der Waals surface area contributed by atoms with Crippen LogP contribution in [0.2, 0.25) is 0 Å². The molecule has 0 saturated carbocycles. The summed E-state index contributed by atoms with van der Waals surface area (Å²) in [6, 6.07) is 0. The highest BCUT2D eigenvalue weighted by Crippen LogP contribution is 2.42. The summed E-state index contributed by atoms with van der Waals surface area (Å²) in [5.74, 6) is -4.71. The van der Waals surface area contributed by atoms with E-state index in [1.165, 1.54) is 0 Å². The lowest BCUT2D eigenvalue weighted by molar-refractivity contribution is -0.146. The lowest BCUT2D eigenvalue weighted by Gasteiger charge is -2.17. The number of hydrogen-bond donors (Lipinski definition) is 0. The Morgan fingerprint density at radius 3 is 2.35 bits per heavy atom. The number of rotatable bonds is 8. The van der Waals surface area contributed by atoms with Gasteiger partial charge in [0.2, 0.25) is 5.78 Å². The maximum Gasteiger partial charge on any atom is 0.327 e. The molecule has 7 heteroatoms. The fourth-order valence-corrected chi connectivity index (χ4v) is 1.40. The molecule has 0 aliphatic heterocycles. The first-order valence-corrected chi connectivity index (χ1v) is 7.28. The number of hydrogen-bond acceptors (Lipinski definition) is 4. The van der Waals surface area contributed by atoms with Crippen molar-refractivity contribution >= 4 is 13.4 Å². The van der Waals surface area contributed by atoms with Gasteiger partial charge in [0.05, 0.1) is 0 Å². The summed E-state index contributed by atoms with van der Waals surface area (Å²) in [5.41, 5.74) is 0. The van der Waals surface area contributed by atoms with Crippen molar-refractivity contribution in [3.8, 4) is 0 Å². The quantitative estimate of drug-likeness (QED) is 0.637. The summed E-state index contributed by atoms with van der Waals surface area (Å²) in [6.45, 7) is 3.81. The zero-order chi connectivity index (χ0) is 13.7. The van der Waals surface area contributed by atoms with E-state index in [1.54, 1.807) is 13.8 Å². The predicted octanol–water partition coefficient (Wildman–Crippen LogP) is 3.11. The minimum Gasteiger partial charge on any atom is -0.312 e. The second kappa shape index (κ2) is 6.57. The van der Waals surface area contributed by atoms with E-state index in [0.717, 1.165) is 13.8 Å². The summed E-state index contributed by atoms with van der Waals surface area (Å²) < 4.78 is 46.8. The van der Waals surface area contributed by atoms with E-state index in [1.807, 2.05) is 0 Å². The molecule has 0 N–H and O–H groups in total. The van der Waals surface area contributed by atoms with Crippen molar-refractivity contribution in [2.24, 2.45) is 5.92 Å². The molecule has 0 saturated heterocycles. The van der Waals surface area contributed by atoms with E-state index < -0.39 is 32.3 Å². The summed E-state index contributed by atoms with van der Waals surface area (Å²) in [6.07, 6.45) is -0.277. The van der Waals surface area contributed by atoms with Crippen LogP contribution in [0.5, 0.6) is 0 Å². The molecule has 1 atom stereocenters.